The molecule has 0 fully saturated rings. The van der Waals surface area contributed by atoms with Crippen molar-refractivity contribution in [2.24, 2.45) is 0 Å². The minimum Gasteiger partial charge on any atom is -0.378 e. The molecule has 1 unspecified atom stereocenters. The van der Waals surface area contributed by atoms with Crippen LogP contribution < -0.4 is 15.1 Å². The van der Waals surface area contributed by atoms with Crippen molar-refractivity contribution >= 4 is 40.6 Å². The number of hydrogen-bond donors (Lipinski definition) is 1. The van der Waals surface area contributed by atoms with Crippen molar-refractivity contribution in [3.8, 4) is 0 Å². The molecule has 0 aliphatic carbocycles. The van der Waals surface area contributed by atoms with Gasteiger partial charge in [-0.05, 0) is 60.9 Å². The van der Waals surface area contributed by atoms with Crippen LogP contribution in [0, 0.1) is 6.92 Å². The molecule has 0 aromatic heterocycles. The average molecular weight is 513 g/mol. The Kier molecular flexibility index (Phi) is 7.90. The van der Waals surface area contributed by atoms with Crippen molar-refractivity contribution in [3.05, 3.63) is 89.5 Å². The van der Waals surface area contributed by atoms with Crippen molar-refractivity contribution < 1.29 is 19.2 Å². The Morgan fingerprint density at radius 1 is 0.921 bits per heavy atom. The Balaban J connectivity index is 1.61. The standard InChI is InChI=1S/C30H32N4O4/c1-5-25(29(37)31-22-14-16-23(17-15-22)32(3)4)33(18-21-11-7-6-10-20(21)2)27(35)19-34-26-13-9-8-12-24(26)28(36)30(34)38/h6-17,25H,5,18-19H2,1-4H3,(H,31,37). The molecule has 3 aromatic rings. The molecule has 8 heteroatoms. The molecule has 196 valence electrons. The van der Waals surface area contributed by atoms with Gasteiger partial charge in [-0.1, -0.05) is 43.3 Å². The summed E-state index contributed by atoms with van der Waals surface area (Å²) in [6, 6.07) is 20.9. The van der Waals surface area contributed by atoms with E-state index in [9.17, 15) is 19.2 Å². The molecular formula is C30H32N4O4. The number of amides is 3. The highest BCUT2D eigenvalue weighted by Crippen LogP contribution is 2.29. The third-order valence-electron chi connectivity index (χ3n) is 6.81. The first-order valence-electron chi connectivity index (χ1n) is 12.6. The van der Waals surface area contributed by atoms with Crippen molar-refractivity contribution in [2.45, 2.75) is 32.9 Å². The maximum Gasteiger partial charge on any atom is 0.299 e. The summed E-state index contributed by atoms with van der Waals surface area (Å²) in [5.41, 5.74) is 4.18. The first-order valence-corrected chi connectivity index (χ1v) is 12.6. The van der Waals surface area contributed by atoms with Crippen LogP contribution in [0.1, 0.15) is 34.8 Å². The predicted molar refractivity (Wildman–Crippen MR) is 148 cm³/mol. The number of Topliss-reactive ketones (excluding diaryl/α,β-unsaturated/α-hetero) is 1. The molecule has 1 atom stereocenters. The van der Waals surface area contributed by atoms with Gasteiger partial charge >= 0.3 is 0 Å². The summed E-state index contributed by atoms with van der Waals surface area (Å²) in [7, 11) is 3.87. The number of benzene rings is 3. The summed E-state index contributed by atoms with van der Waals surface area (Å²) in [4.78, 5) is 57.2. The summed E-state index contributed by atoms with van der Waals surface area (Å²) in [5.74, 6) is -2.12. The normalized spacial score (nSPS) is 13.2. The largest absolute Gasteiger partial charge is 0.378 e. The number of para-hydroxylation sites is 1. The zero-order valence-electron chi connectivity index (χ0n) is 22.1. The summed E-state index contributed by atoms with van der Waals surface area (Å²) in [6.07, 6.45) is 0.364. The quantitative estimate of drug-likeness (QED) is 0.437. The lowest BCUT2D eigenvalue weighted by molar-refractivity contribution is -0.138. The lowest BCUT2D eigenvalue weighted by atomic mass is 10.1. The van der Waals surface area contributed by atoms with Gasteiger partial charge in [-0.3, -0.25) is 24.1 Å². The number of carbonyl (C=O) groups is 4. The molecule has 3 amide bonds. The molecule has 38 heavy (non-hydrogen) atoms. The number of aryl methyl sites for hydroxylation is 1. The van der Waals surface area contributed by atoms with E-state index in [2.05, 4.69) is 5.32 Å². The van der Waals surface area contributed by atoms with E-state index in [1.165, 1.54) is 9.80 Å². The molecule has 4 rings (SSSR count). The molecule has 1 aliphatic heterocycles. The van der Waals surface area contributed by atoms with Crippen LogP contribution in [0.3, 0.4) is 0 Å². The molecule has 0 saturated carbocycles. The fraction of sp³-hybridized carbons (Fsp3) is 0.267. The van der Waals surface area contributed by atoms with Crippen LogP contribution >= 0.6 is 0 Å². The van der Waals surface area contributed by atoms with Crippen LogP contribution in [0.15, 0.2) is 72.8 Å². The van der Waals surface area contributed by atoms with Crippen molar-refractivity contribution in [1.82, 2.24) is 4.90 Å². The second-order valence-corrected chi connectivity index (χ2v) is 9.54. The van der Waals surface area contributed by atoms with E-state index in [0.717, 1.165) is 16.8 Å². The van der Waals surface area contributed by atoms with Crippen LogP contribution in [0.5, 0.6) is 0 Å². The molecule has 0 saturated heterocycles. The van der Waals surface area contributed by atoms with Gasteiger partial charge in [-0.15, -0.1) is 0 Å². The Morgan fingerprint density at radius 3 is 2.24 bits per heavy atom. The summed E-state index contributed by atoms with van der Waals surface area (Å²) in [6.45, 7) is 3.64. The molecule has 1 N–H and O–H groups in total. The highest BCUT2D eigenvalue weighted by atomic mass is 16.2. The topological polar surface area (TPSA) is 90.0 Å². The molecule has 0 radical (unpaired) electrons. The number of rotatable bonds is 9. The van der Waals surface area contributed by atoms with E-state index in [4.69, 9.17) is 0 Å². The molecule has 1 heterocycles. The zero-order chi connectivity index (χ0) is 27.4. The van der Waals surface area contributed by atoms with Crippen LogP contribution in [0.2, 0.25) is 0 Å². The van der Waals surface area contributed by atoms with E-state index in [0.29, 0.717) is 17.8 Å². The fourth-order valence-corrected chi connectivity index (χ4v) is 4.59. The highest BCUT2D eigenvalue weighted by Gasteiger charge is 2.38. The third-order valence-corrected chi connectivity index (χ3v) is 6.81. The van der Waals surface area contributed by atoms with E-state index in [1.54, 1.807) is 24.3 Å². The lowest BCUT2D eigenvalue weighted by Crippen LogP contribution is -2.50. The Bertz CT molecular complexity index is 1370. The third kappa shape index (κ3) is 5.44. The fourth-order valence-electron chi connectivity index (χ4n) is 4.59. The first kappa shape index (κ1) is 26.6. The van der Waals surface area contributed by atoms with Gasteiger partial charge in [-0.2, -0.15) is 0 Å². The van der Waals surface area contributed by atoms with Gasteiger partial charge in [0.1, 0.15) is 12.6 Å². The van der Waals surface area contributed by atoms with Crippen LogP contribution in [0.4, 0.5) is 17.1 Å². The second kappa shape index (κ2) is 11.3. The van der Waals surface area contributed by atoms with Crippen LogP contribution in [0.25, 0.3) is 0 Å². The van der Waals surface area contributed by atoms with Gasteiger partial charge < -0.3 is 15.1 Å². The van der Waals surface area contributed by atoms with Crippen LogP contribution in [-0.4, -0.2) is 55.1 Å². The van der Waals surface area contributed by atoms with Gasteiger partial charge in [0.15, 0.2) is 0 Å². The van der Waals surface area contributed by atoms with Crippen molar-refractivity contribution in [1.29, 1.82) is 0 Å². The predicted octanol–water partition coefficient (Wildman–Crippen LogP) is 4.04. The molecular weight excluding hydrogens is 480 g/mol. The van der Waals surface area contributed by atoms with Gasteiger partial charge in [0.25, 0.3) is 11.7 Å². The average Bonchev–Trinajstić information content (AvgIpc) is 3.14. The van der Waals surface area contributed by atoms with Gasteiger partial charge in [-0.25, -0.2) is 0 Å². The van der Waals surface area contributed by atoms with Crippen LogP contribution in [-0.2, 0) is 20.9 Å². The number of hydrogen-bond acceptors (Lipinski definition) is 5. The number of nitrogens with one attached hydrogen (secondary N) is 1. The van der Waals surface area contributed by atoms with E-state index in [1.807, 2.05) is 81.4 Å². The first-order chi connectivity index (χ1) is 18.2. The van der Waals surface area contributed by atoms with E-state index >= 15 is 0 Å². The monoisotopic (exact) mass is 512 g/mol. The number of fused-ring (bicyclic) bond motifs is 1. The second-order valence-electron chi connectivity index (χ2n) is 9.54. The zero-order valence-corrected chi connectivity index (χ0v) is 22.1. The highest BCUT2D eigenvalue weighted by molar-refractivity contribution is 6.52. The number of carbonyl (C=O) groups excluding carboxylic acids is 4. The number of ketones is 1. The summed E-state index contributed by atoms with van der Waals surface area (Å²) in [5, 5.41) is 2.93. The van der Waals surface area contributed by atoms with Crippen molar-refractivity contribution in [2.75, 3.05) is 35.8 Å². The Hall–Kier alpha value is -4.46. The maximum absolute atomic E-state index is 13.8. The SMILES string of the molecule is CCC(C(=O)Nc1ccc(N(C)C)cc1)N(Cc1ccccc1C)C(=O)CN1C(=O)C(=O)c2ccccc21. The lowest BCUT2D eigenvalue weighted by Gasteiger charge is -2.32. The summed E-state index contributed by atoms with van der Waals surface area (Å²) >= 11 is 0. The Labute approximate surface area is 222 Å². The summed E-state index contributed by atoms with van der Waals surface area (Å²) < 4.78 is 0. The minimum absolute atomic E-state index is 0.189. The molecule has 3 aromatic carbocycles. The smallest absolute Gasteiger partial charge is 0.299 e. The molecule has 8 nitrogen and oxygen atoms in total. The van der Waals surface area contributed by atoms with E-state index in [-0.39, 0.29) is 24.6 Å². The Morgan fingerprint density at radius 2 is 1.58 bits per heavy atom. The van der Waals surface area contributed by atoms with Gasteiger partial charge in [0.05, 0.1) is 11.3 Å². The number of anilines is 3. The van der Waals surface area contributed by atoms with E-state index < -0.39 is 23.6 Å². The van der Waals surface area contributed by atoms with Gasteiger partial charge in [0, 0.05) is 32.0 Å². The maximum atomic E-state index is 13.8. The van der Waals surface area contributed by atoms with Crippen molar-refractivity contribution in [3.63, 3.8) is 0 Å². The number of nitrogens with zero attached hydrogens (tertiary/aromatic N) is 3. The molecule has 0 bridgehead atoms. The molecule has 0 spiro atoms. The molecule has 1 aliphatic rings. The van der Waals surface area contributed by atoms with Gasteiger partial charge in [0.2, 0.25) is 11.8 Å². The minimum atomic E-state index is -0.792.